The molecule has 1 heterocycles. The Morgan fingerprint density at radius 1 is 1.07 bits per heavy atom. The molecule has 0 radical (unpaired) electrons. The molecule has 1 saturated heterocycles. The average molecular weight is 210 g/mol. The lowest BCUT2D eigenvalue weighted by Gasteiger charge is -2.27. The van der Waals surface area contributed by atoms with Crippen molar-refractivity contribution in [2.75, 3.05) is 0 Å². The summed E-state index contributed by atoms with van der Waals surface area (Å²) in [5.74, 6) is 0. The third-order valence-corrected chi connectivity index (χ3v) is 7.31. The lowest BCUT2D eigenvalue weighted by molar-refractivity contribution is 0.844. The zero-order valence-electron chi connectivity index (χ0n) is 10.4. The molecule has 0 aromatic rings. The first-order chi connectivity index (χ1) is 6.64. The van der Waals surface area contributed by atoms with E-state index in [0.717, 1.165) is 6.71 Å². The molecule has 0 saturated carbocycles. The molecule has 0 nitrogen and oxygen atoms in total. The fourth-order valence-electron chi connectivity index (χ4n) is 2.79. The minimum absolute atomic E-state index is 0.734. The lowest BCUT2D eigenvalue weighted by Crippen LogP contribution is -2.28. The first-order valence-corrected chi connectivity index (χ1v) is 10.1. The fourth-order valence-corrected chi connectivity index (χ4v) is 5.36. The van der Waals surface area contributed by atoms with Crippen LogP contribution in [0.5, 0.6) is 0 Å². The van der Waals surface area contributed by atoms with Crippen LogP contribution in [-0.4, -0.2) is 14.8 Å². The first kappa shape index (κ1) is 12.4. The molecule has 0 aromatic heterocycles. The fraction of sp³-hybridized carbons (Fsp3) is 1.00. The van der Waals surface area contributed by atoms with E-state index in [1.807, 2.05) is 0 Å². The minimum Gasteiger partial charge on any atom is -0.0744 e. The molecule has 82 valence electrons. The summed E-state index contributed by atoms with van der Waals surface area (Å²) in [5.41, 5.74) is 0. The van der Waals surface area contributed by atoms with E-state index < -0.39 is 8.07 Å². The van der Waals surface area contributed by atoms with Gasteiger partial charge in [-0.3, -0.25) is 0 Å². The third kappa shape index (κ3) is 4.68. The third-order valence-electron chi connectivity index (χ3n) is 3.90. The Morgan fingerprint density at radius 2 is 1.64 bits per heavy atom. The zero-order chi connectivity index (χ0) is 10.4. The molecule has 0 atom stereocenters. The second-order valence-corrected chi connectivity index (χ2v) is 11.3. The van der Waals surface area contributed by atoms with Gasteiger partial charge in [0.25, 0.3) is 0 Å². The van der Waals surface area contributed by atoms with Gasteiger partial charge in [-0.15, -0.1) is 0 Å². The zero-order valence-corrected chi connectivity index (χ0v) is 11.4. The smallest absolute Gasteiger partial charge is 0.0744 e. The van der Waals surface area contributed by atoms with Crippen molar-refractivity contribution >= 4 is 14.8 Å². The molecule has 0 bridgehead atoms. The molecule has 0 spiro atoms. The SMILES string of the molecule is CCCCB1CCC[Si](C)(C)CCC1. The van der Waals surface area contributed by atoms with Crippen LogP contribution in [0.25, 0.3) is 0 Å². The molecule has 14 heavy (non-hydrogen) atoms. The highest BCUT2D eigenvalue weighted by Crippen LogP contribution is 2.28. The van der Waals surface area contributed by atoms with Gasteiger partial charge < -0.3 is 0 Å². The summed E-state index contributed by atoms with van der Waals surface area (Å²) in [6.07, 6.45) is 10.5. The molecule has 1 aliphatic heterocycles. The summed E-state index contributed by atoms with van der Waals surface area (Å²) >= 11 is 0. The molecular formula is C12H27BSi. The van der Waals surface area contributed by atoms with E-state index in [9.17, 15) is 0 Å². The Bertz CT molecular complexity index is 144. The lowest BCUT2D eigenvalue weighted by atomic mass is 9.41. The van der Waals surface area contributed by atoms with E-state index in [4.69, 9.17) is 0 Å². The molecule has 0 unspecified atom stereocenters. The van der Waals surface area contributed by atoms with Crippen molar-refractivity contribution in [3.8, 4) is 0 Å². The van der Waals surface area contributed by atoms with Crippen LogP contribution in [-0.2, 0) is 0 Å². The van der Waals surface area contributed by atoms with Gasteiger partial charge in [-0.25, -0.2) is 0 Å². The highest BCUT2D eigenvalue weighted by molar-refractivity contribution is 6.77. The van der Waals surface area contributed by atoms with Crippen molar-refractivity contribution in [2.24, 2.45) is 0 Å². The van der Waals surface area contributed by atoms with Crippen molar-refractivity contribution in [3.63, 3.8) is 0 Å². The maximum Gasteiger partial charge on any atom is 0.139 e. The van der Waals surface area contributed by atoms with E-state index in [1.165, 1.54) is 44.6 Å². The molecule has 0 N–H and O–H groups in total. The van der Waals surface area contributed by atoms with E-state index in [-0.39, 0.29) is 0 Å². The van der Waals surface area contributed by atoms with Gasteiger partial charge in [0.05, 0.1) is 0 Å². The summed E-state index contributed by atoms with van der Waals surface area (Å²) in [7, 11) is -0.734. The van der Waals surface area contributed by atoms with Gasteiger partial charge in [0.15, 0.2) is 0 Å². The molecule has 1 fully saturated rings. The van der Waals surface area contributed by atoms with Crippen LogP contribution >= 0.6 is 0 Å². The van der Waals surface area contributed by atoms with Crippen LogP contribution < -0.4 is 0 Å². The van der Waals surface area contributed by atoms with Crippen molar-refractivity contribution in [1.29, 1.82) is 0 Å². The standard InChI is InChI=1S/C12H27BSi/c1-4-5-8-13-9-6-11-14(2,3)12-7-10-13/h4-12H2,1-3H3. The van der Waals surface area contributed by atoms with Crippen molar-refractivity contribution in [3.05, 3.63) is 0 Å². The van der Waals surface area contributed by atoms with Crippen molar-refractivity contribution in [1.82, 2.24) is 0 Å². The van der Waals surface area contributed by atoms with E-state index in [2.05, 4.69) is 20.0 Å². The Kier molecular flexibility index (Phi) is 5.29. The van der Waals surface area contributed by atoms with Gasteiger partial charge >= 0.3 is 0 Å². The minimum atomic E-state index is -0.734. The number of unbranched alkanes of at least 4 members (excludes halogenated alkanes) is 1. The summed E-state index contributed by atoms with van der Waals surface area (Å²) in [6.45, 7) is 8.57. The van der Waals surface area contributed by atoms with Crippen LogP contribution in [0, 0.1) is 0 Å². The van der Waals surface area contributed by atoms with Crippen LogP contribution in [0.3, 0.4) is 0 Å². The molecule has 0 aliphatic carbocycles. The number of hydrogen-bond acceptors (Lipinski definition) is 0. The normalized spacial score (nSPS) is 22.9. The predicted molar refractivity (Wildman–Crippen MR) is 71.4 cm³/mol. The van der Waals surface area contributed by atoms with Crippen LogP contribution in [0.4, 0.5) is 0 Å². The summed E-state index contributed by atoms with van der Waals surface area (Å²) < 4.78 is 0. The Morgan fingerprint density at radius 3 is 2.14 bits per heavy atom. The van der Waals surface area contributed by atoms with Crippen LogP contribution in [0.1, 0.15) is 32.6 Å². The topological polar surface area (TPSA) is 0 Å². The molecule has 0 amide bonds. The van der Waals surface area contributed by atoms with Crippen LogP contribution in [0.15, 0.2) is 0 Å². The largest absolute Gasteiger partial charge is 0.139 e. The quantitative estimate of drug-likeness (QED) is 0.588. The van der Waals surface area contributed by atoms with Gasteiger partial charge in [-0.1, -0.05) is 76.7 Å². The molecule has 0 aromatic carbocycles. The highest BCUT2D eigenvalue weighted by Gasteiger charge is 2.24. The van der Waals surface area contributed by atoms with Gasteiger partial charge in [-0.2, -0.15) is 0 Å². The van der Waals surface area contributed by atoms with Crippen LogP contribution in [0.2, 0.25) is 44.1 Å². The van der Waals surface area contributed by atoms with Gasteiger partial charge in [-0.05, 0) is 0 Å². The summed E-state index contributed by atoms with van der Waals surface area (Å²) in [4.78, 5) is 0. The van der Waals surface area contributed by atoms with Crippen molar-refractivity contribution in [2.45, 2.75) is 76.7 Å². The molecule has 1 aliphatic rings. The summed E-state index contributed by atoms with van der Waals surface area (Å²) in [6, 6.07) is 3.19. The Hall–Kier alpha value is 0.282. The Labute approximate surface area is 92.0 Å². The average Bonchev–Trinajstić information content (AvgIpc) is 2.10. The second-order valence-electron chi connectivity index (χ2n) is 5.96. The van der Waals surface area contributed by atoms with Gasteiger partial charge in [0.2, 0.25) is 0 Å². The van der Waals surface area contributed by atoms with E-state index in [0.29, 0.717) is 0 Å². The maximum atomic E-state index is 2.58. The number of hydrogen-bond donors (Lipinski definition) is 0. The Balaban J connectivity index is 2.25. The molecular weight excluding hydrogens is 183 g/mol. The van der Waals surface area contributed by atoms with Gasteiger partial charge in [0, 0.05) is 8.07 Å². The first-order valence-electron chi connectivity index (χ1n) is 6.64. The molecule has 2 heteroatoms. The monoisotopic (exact) mass is 210 g/mol. The second kappa shape index (κ2) is 5.99. The van der Waals surface area contributed by atoms with Crippen molar-refractivity contribution < 1.29 is 0 Å². The maximum absolute atomic E-state index is 2.58. The number of rotatable bonds is 3. The van der Waals surface area contributed by atoms with E-state index >= 15 is 0 Å². The molecule has 1 rings (SSSR count). The van der Waals surface area contributed by atoms with E-state index in [1.54, 1.807) is 12.1 Å². The predicted octanol–water partition coefficient (Wildman–Crippen LogP) is 4.78. The highest BCUT2D eigenvalue weighted by atomic mass is 28.3. The summed E-state index contributed by atoms with van der Waals surface area (Å²) in [5, 5.41) is 0. The van der Waals surface area contributed by atoms with Gasteiger partial charge in [0.1, 0.15) is 6.71 Å².